The Morgan fingerprint density at radius 3 is 2.75 bits per heavy atom. The molecular weight excluding hydrogens is 328 g/mol. The van der Waals surface area contributed by atoms with E-state index in [0.29, 0.717) is 24.6 Å². The van der Waals surface area contributed by atoms with Gasteiger partial charge in [-0.25, -0.2) is 4.79 Å². The quantitative estimate of drug-likeness (QED) is 0.921. The predicted octanol–water partition coefficient (Wildman–Crippen LogP) is 2.29. The number of thiophene rings is 1. The van der Waals surface area contributed by atoms with Crippen LogP contribution in [0.1, 0.15) is 35.1 Å². The minimum absolute atomic E-state index is 0.0508. The highest BCUT2D eigenvalue weighted by Crippen LogP contribution is 2.27. The summed E-state index contributed by atoms with van der Waals surface area (Å²) in [5.74, 6) is -0.0508. The first kappa shape index (κ1) is 16.8. The first-order valence-corrected chi connectivity index (χ1v) is 8.97. The molecule has 1 fully saturated rings. The van der Waals surface area contributed by atoms with Crippen molar-refractivity contribution in [3.05, 3.63) is 16.6 Å². The number of hydrogen-bond donors (Lipinski definition) is 1. The highest BCUT2D eigenvalue weighted by molar-refractivity contribution is 7.20. The average molecular weight is 350 g/mol. The zero-order valence-corrected chi connectivity index (χ0v) is 15.0. The number of carbonyl (C=O) groups excluding carboxylic acids is 2. The van der Waals surface area contributed by atoms with Crippen LogP contribution in [0.15, 0.2) is 6.07 Å². The summed E-state index contributed by atoms with van der Waals surface area (Å²) in [5.41, 5.74) is 0.936. The van der Waals surface area contributed by atoms with Crippen LogP contribution < -0.4 is 5.32 Å². The van der Waals surface area contributed by atoms with Crippen molar-refractivity contribution >= 4 is 33.6 Å². The Labute approximate surface area is 144 Å². The number of carbonyl (C=O) groups is 2. The molecule has 0 spiro atoms. The van der Waals surface area contributed by atoms with Crippen LogP contribution in [-0.4, -0.2) is 52.4 Å². The van der Waals surface area contributed by atoms with E-state index in [9.17, 15) is 9.59 Å². The van der Waals surface area contributed by atoms with Crippen molar-refractivity contribution in [2.75, 3.05) is 19.7 Å². The molecule has 2 amide bonds. The van der Waals surface area contributed by atoms with E-state index in [1.165, 1.54) is 11.3 Å². The minimum Gasteiger partial charge on any atom is -0.450 e. The fraction of sp³-hybridized carbons (Fsp3) is 0.562. The molecule has 8 heteroatoms. The Bertz CT molecular complexity index is 724. The topological polar surface area (TPSA) is 76.5 Å². The van der Waals surface area contributed by atoms with Crippen molar-refractivity contribution in [3.8, 4) is 0 Å². The van der Waals surface area contributed by atoms with Crippen molar-refractivity contribution in [1.29, 1.82) is 0 Å². The van der Waals surface area contributed by atoms with E-state index in [4.69, 9.17) is 4.74 Å². The second-order valence-corrected chi connectivity index (χ2v) is 7.00. The van der Waals surface area contributed by atoms with Gasteiger partial charge in [0, 0.05) is 31.6 Å². The van der Waals surface area contributed by atoms with Crippen molar-refractivity contribution in [3.63, 3.8) is 0 Å². The van der Waals surface area contributed by atoms with E-state index in [2.05, 4.69) is 10.4 Å². The largest absolute Gasteiger partial charge is 0.450 e. The van der Waals surface area contributed by atoms with Gasteiger partial charge >= 0.3 is 6.09 Å². The molecule has 0 aliphatic carbocycles. The third-order valence-corrected chi connectivity index (χ3v) is 5.48. The molecule has 3 rings (SSSR count). The molecule has 2 aromatic heterocycles. The normalized spacial score (nSPS) is 15.7. The van der Waals surface area contributed by atoms with Gasteiger partial charge in [-0.1, -0.05) is 0 Å². The van der Waals surface area contributed by atoms with Gasteiger partial charge in [-0.2, -0.15) is 5.10 Å². The number of aryl methyl sites for hydroxylation is 2. The molecule has 1 aliphatic heterocycles. The Morgan fingerprint density at radius 2 is 2.12 bits per heavy atom. The van der Waals surface area contributed by atoms with E-state index in [0.717, 1.165) is 28.8 Å². The first-order valence-electron chi connectivity index (χ1n) is 8.15. The maximum Gasteiger partial charge on any atom is 0.409 e. The standard InChI is InChI=1S/C16H22N4O3S/c1-4-23-16(22)20-7-5-11(6-8-20)17-14(21)13-9-12-10(2)18-19(3)15(12)24-13/h9,11H,4-8H2,1-3H3,(H,17,21). The van der Waals surface area contributed by atoms with E-state index in [1.807, 2.05) is 24.7 Å². The summed E-state index contributed by atoms with van der Waals surface area (Å²) in [6, 6.07) is 2.00. The lowest BCUT2D eigenvalue weighted by molar-refractivity contribution is 0.0863. The molecule has 0 atom stereocenters. The van der Waals surface area contributed by atoms with E-state index in [1.54, 1.807) is 11.8 Å². The number of fused-ring (bicyclic) bond motifs is 1. The van der Waals surface area contributed by atoms with Crippen LogP contribution in [0.25, 0.3) is 10.2 Å². The zero-order valence-electron chi connectivity index (χ0n) is 14.2. The van der Waals surface area contributed by atoms with Gasteiger partial charge in [0.05, 0.1) is 17.2 Å². The predicted molar refractivity (Wildman–Crippen MR) is 92.4 cm³/mol. The van der Waals surface area contributed by atoms with Crippen LogP contribution in [0.4, 0.5) is 4.79 Å². The van der Waals surface area contributed by atoms with Crippen molar-refractivity contribution in [2.45, 2.75) is 32.7 Å². The molecule has 1 aliphatic rings. The summed E-state index contributed by atoms with van der Waals surface area (Å²) in [7, 11) is 1.89. The number of amides is 2. The van der Waals surface area contributed by atoms with Gasteiger partial charge in [-0.05, 0) is 32.8 Å². The number of aromatic nitrogens is 2. The summed E-state index contributed by atoms with van der Waals surface area (Å²) in [5, 5.41) is 8.46. The second kappa shape index (κ2) is 6.80. The summed E-state index contributed by atoms with van der Waals surface area (Å²) in [6.07, 6.45) is 1.22. The van der Waals surface area contributed by atoms with Crippen LogP contribution >= 0.6 is 11.3 Å². The molecule has 130 valence electrons. The Morgan fingerprint density at radius 1 is 1.42 bits per heavy atom. The molecule has 0 bridgehead atoms. The number of nitrogens with one attached hydrogen (secondary N) is 1. The van der Waals surface area contributed by atoms with Crippen LogP contribution in [-0.2, 0) is 11.8 Å². The lowest BCUT2D eigenvalue weighted by Crippen LogP contribution is -2.46. The van der Waals surface area contributed by atoms with Crippen molar-refractivity contribution in [2.24, 2.45) is 7.05 Å². The molecule has 1 N–H and O–H groups in total. The van der Waals surface area contributed by atoms with Crippen LogP contribution in [0.5, 0.6) is 0 Å². The number of ether oxygens (including phenoxy) is 1. The third-order valence-electron chi connectivity index (χ3n) is 4.28. The van der Waals surface area contributed by atoms with Gasteiger partial charge < -0.3 is 15.0 Å². The molecular formula is C16H22N4O3S. The lowest BCUT2D eigenvalue weighted by atomic mass is 10.1. The molecule has 24 heavy (non-hydrogen) atoms. The number of piperidine rings is 1. The van der Waals surface area contributed by atoms with Crippen molar-refractivity contribution in [1.82, 2.24) is 20.0 Å². The van der Waals surface area contributed by atoms with Gasteiger partial charge in [0.2, 0.25) is 0 Å². The minimum atomic E-state index is -0.269. The van der Waals surface area contributed by atoms with Gasteiger partial charge in [-0.3, -0.25) is 9.48 Å². The molecule has 0 unspecified atom stereocenters. The van der Waals surface area contributed by atoms with Gasteiger partial charge in [0.15, 0.2) is 0 Å². The maximum absolute atomic E-state index is 12.5. The smallest absolute Gasteiger partial charge is 0.409 e. The van der Waals surface area contributed by atoms with Crippen molar-refractivity contribution < 1.29 is 14.3 Å². The molecule has 2 aromatic rings. The Balaban J connectivity index is 1.59. The molecule has 0 aromatic carbocycles. The first-order chi connectivity index (χ1) is 11.5. The molecule has 1 saturated heterocycles. The summed E-state index contributed by atoms with van der Waals surface area (Å²) < 4.78 is 6.82. The van der Waals surface area contributed by atoms with Crippen LogP contribution in [0.3, 0.4) is 0 Å². The van der Waals surface area contributed by atoms with E-state index >= 15 is 0 Å². The van der Waals surface area contributed by atoms with E-state index < -0.39 is 0 Å². The highest BCUT2D eigenvalue weighted by Gasteiger charge is 2.25. The van der Waals surface area contributed by atoms with Gasteiger partial charge in [0.25, 0.3) is 5.91 Å². The molecule has 0 radical (unpaired) electrons. The Kier molecular flexibility index (Phi) is 4.75. The average Bonchev–Trinajstić information content (AvgIpc) is 3.10. The number of nitrogens with zero attached hydrogens (tertiary/aromatic N) is 3. The molecule has 7 nitrogen and oxygen atoms in total. The fourth-order valence-electron chi connectivity index (χ4n) is 2.99. The lowest BCUT2D eigenvalue weighted by Gasteiger charge is -2.31. The van der Waals surface area contributed by atoms with Gasteiger partial charge in [-0.15, -0.1) is 11.3 Å². The fourth-order valence-corrected chi connectivity index (χ4v) is 4.02. The highest BCUT2D eigenvalue weighted by atomic mass is 32.1. The molecule has 3 heterocycles. The number of likely N-dealkylation sites (tertiary alicyclic amines) is 1. The summed E-state index contributed by atoms with van der Waals surface area (Å²) >= 11 is 1.46. The Hall–Kier alpha value is -2.09. The number of rotatable bonds is 3. The summed E-state index contributed by atoms with van der Waals surface area (Å²) in [4.78, 5) is 27.6. The number of hydrogen-bond acceptors (Lipinski definition) is 5. The maximum atomic E-state index is 12.5. The zero-order chi connectivity index (χ0) is 17.3. The van der Waals surface area contributed by atoms with E-state index in [-0.39, 0.29) is 18.0 Å². The summed E-state index contributed by atoms with van der Waals surface area (Å²) in [6.45, 7) is 5.35. The van der Waals surface area contributed by atoms with Crippen LogP contribution in [0.2, 0.25) is 0 Å². The SMILES string of the molecule is CCOC(=O)N1CCC(NC(=O)c2cc3c(C)nn(C)c3s2)CC1. The van der Waals surface area contributed by atoms with Crippen LogP contribution in [0, 0.1) is 6.92 Å². The third kappa shape index (κ3) is 3.24. The second-order valence-electron chi connectivity index (χ2n) is 5.97. The van der Waals surface area contributed by atoms with Gasteiger partial charge in [0.1, 0.15) is 4.83 Å². The monoisotopic (exact) mass is 350 g/mol. The molecule has 0 saturated carbocycles.